The maximum absolute atomic E-state index is 4.34. The summed E-state index contributed by atoms with van der Waals surface area (Å²) in [5.41, 5.74) is 3.77. The monoisotopic (exact) mass is 404 g/mol. The molecular weight excluding hydrogens is 372 g/mol. The second-order valence-electron chi connectivity index (χ2n) is 7.17. The molecule has 0 spiro atoms. The summed E-state index contributed by atoms with van der Waals surface area (Å²) in [6.07, 6.45) is 6.67. The van der Waals surface area contributed by atoms with E-state index >= 15 is 0 Å². The Hall–Kier alpha value is -3.28. The molecule has 2 aromatic carbocycles. The third-order valence-electron chi connectivity index (χ3n) is 5.03. The average Bonchev–Trinajstić information content (AvgIpc) is 3.30. The van der Waals surface area contributed by atoms with Gasteiger partial charge in [-0.15, -0.1) is 0 Å². The van der Waals surface area contributed by atoms with Crippen molar-refractivity contribution in [3.8, 4) is 0 Å². The van der Waals surface area contributed by atoms with Gasteiger partial charge >= 0.3 is 0 Å². The van der Waals surface area contributed by atoms with E-state index in [-0.39, 0.29) is 0 Å². The Morgan fingerprint density at radius 1 is 1.03 bits per heavy atom. The van der Waals surface area contributed by atoms with Gasteiger partial charge in [-0.1, -0.05) is 42.5 Å². The zero-order valence-electron chi connectivity index (χ0n) is 18.0. The van der Waals surface area contributed by atoms with Crippen LogP contribution in [0.1, 0.15) is 24.5 Å². The van der Waals surface area contributed by atoms with Crippen molar-refractivity contribution in [2.75, 3.05) is 31.6 Å². The van der Waals surface area contributed by atoms with E-state index in [9.17, 15) is 0 Å². The smallest absolute Gasteiger partial charge is 0.191 e. The van der Waals surface area contributed by atoms with Crippen LogP contribution in [-0.2, 0) is 13.1 Å². The van der Waals surface area contributed by atoms with E-state index in [0.29, 0.717) is 0 Å². The molecule has 0 fully saturated rings. The van der Waals surface area contributed by atoms with Crippen LogP contribution in [0.5, 0.6) is 0 Å². The van der Waals surface area contributed by atoms with E-state index < -0.39 is 0 Å². The molecule has 30 heavy (non-hydrogen) atoms. The lowest BCUT2D eigenvalue weighted by Crippen LogP contribution is -2.38. The number of anilines is 1. The Labute approximate surface area is 179 Å². The van der Waals surface area contributed by atoms with Gasteiger partial charge in [0.25, 0.3) is 0 Å². The Morgan fingerprint density at radius 3 is 2.47 bits per heavy atom. The highest BCUT2D eigenvalue weighted by atomic mass is 15.2. The third kappa shape index (κ3) is 6.65. The second-order valence-corrected chi connectivity index (χ2v) is 7.17. The third-order valence-corrected chi connectivity index (χ3v) is 5.03. The van der Waals surface area contributed by atoms with Gasteiger partial charge in [0.2, 0.25) is 0 Å². The number of guanidine groups is 1. The molecule has 0 unspecified atom stereocenters. The largest absolute Gasteiger partial charge is 0.372 e. The van der Waals surface area contributed by atoms with Gasteiger partial charge in [-0.3, -0.25) is 4.99 Å². The maximum atomic E-state index is 4.34. The van der Waals surface area contributed by atoms with Gasteiger partial charge in [0.1, 0.15) is 0 Å². The standard InChI is InChI=1S/C24H32N6/c1-3-30(23-8-5-4-6-9-23)16-7-14-27-24(25-2)28-18-21-10-12-22(13-11-21)19-29-17-15-26-20-29/h4-6,8-13,15,17,20H,3,7,14,16,18-19H2,1-2H3,(H2,25,27,28). The molecule has 0 radical (unpaired) electrons. The SMILES string of the molecule is CCN(CCCNC(=NC)NCc1ccc(Cn2ccnc2)cc1)c1ccccc1. The number of para-hydroxylation sites is 1. The second kappa shape index (κ2) is 11.7. The van der Waals surface area contributed by atoms with Crippen LogP contribution in [0.25, 0.3) is 0 Å². The Balaban J connectivity index is 1.38. The topological polar surface area (TPSA) is 57.5 Å². The fourth-order valence-corrected chi connectivity index (χ4v) is 3.35. The number of rotatable bonds is 10. The highest BCUT2D eigenvalue weighted by Crippen LogP contribution is 2.12. The quantitative estimate of drug-likeness (QED) is 0.308. The van der Waals surface area contributed by atoms with E-state index in [1.165, 1.54) is 16.8 Å². The number of nitrogens with one attached hydrogen (secondary N) is 2. The molecule has 1 aromatic heterocycles. The summed E-state index contributed by atoms with van der Waals surface area (Å²) >= 11 is 0. The first-order chi connectivity index (χ1) is 14.8. The number of aliphatic imine (C=N–C) groups is 1. The van der Waals surface area contributed by atoms with Crippen molar-refractivity contribution >= 4 is 11.6 Å². The summed E-state index contributed by atoms with van der Waals surface area (Å²) in [5, 5.41) is 6.81. The molecule has 0 amide bonds. The molecule has 6 heteroatoms. The van der Waals surface area contributed by atoms with Gasteiger partial charge in [-0.25, -0.2) is 4.98 Å². The summed E-state index contributed by atoms with van der Waals surface area (Å²) in [5.74, 6) is 0.834. The first-order valence-corrected chi connectivity index (χ1v) is 10.6. The number of hydrogen-bond donors (Lipinski definition) is 2. The van der Waals surface area contributed by atoms with Gasteiger partial charge in [0, 0.05) is 57.9 Å². The van der Waals surface area contributed by atoms with Gasteiger partial charge in [-0.05, 0) is 36.6 Å². The van der Waals surface area contributed by atoms with E-state index in [0.717, 1.165) is 45.1 Å². The molecule has 0 bridgehead atoms. The zero-order chi connectivity index (χ0) is 21.0. The van der Waals surface area contributed by atoms with Gasteiger partial charge < -0.3 is 20.1 Å². The molecule has 0 aliphatic heterocycles. The molecule has 0 saturated carbocycles. The summed E-state index contributed by atoms with van der Waals surface area (Å²) < 4.78 is 2.07. The predicted octanol–water partition coefficient (Wildman–Crippen LogP) is 3.51. The lowest BCUT2D eigenvalue weighted by molar-refractivity contribution is 0.708. The fraction of sp³-hybridized carbons (Fsp3) is 0.333. The number of nitrogens with zero attached hydrogens (tertiary/aromatic N) is 4. The molecule has 0 aliphatic carbocycles. The lowest BCUT2D eigenvalue weighted by Gasteiger charge is -2.23. The minimum atomic E-state index is 0.746. The van der Waals surface area contributed by atoms with Crippen molar-refractivity contribution < 1.29 is 0 Å². The first-order valence-electron chi connectivity index (χ1n) is 10.6. The summed E-state index contributed by atoms with van der Waals surface area (Å²) in [7, 11) is 1.81. The fourth-order valence-electron chi connectivity index (χ4n) is 3.35. The summed E-state index contributed by atoms with van der Waals surface area (Å²) in [4.78, 5) is 10.8. The van der Waals surface area contributed by atoms with Crippen molar-refractivity contribution in [2.45, 2.75) is 26.4 Å². The van der Waals surface area contributed by atoms with Crippen molar-refractivity contribution in [1.29, 1.82) is 0 Å². The molecule has 1 heterocycles. The average molecular weight is 405 g/mol. The van der Waals surface area contributed by atoms with Crippen molar-refractivity contribution in [3.05, 3.63) is 84.4 Å². The number of hydrogen-bond acceptors (Lipinski definition) is 3. The van der Waals surface area contributed by atoms with Crippen LogP contribution >= 0.6 is 0 Å². The van der Waals surface area contributed by atoms with E-state index in [2.05, 4.69) is 91.6 Å². The number of aromatic nitrogens is 2. The van der Waals surface area contributed by atoms with Crippen LogP contribution in [0.2, 0.25) is 0 Å². The summed E-state index contributed by atoms with van der Waals surface area (Å²) in [6.45, 7) is 6.69. The highest BCUT2D eigenvalue weighted by Gasteiger charge is 2.04. The lowest BCUT2D eigenvalue weighted by atomic mass is 10.1. The highest BCUT2D eigenvalue weighted by molar-refractivity contribution is 5.79. The van der Waals surface area contributed by atoms with Gasteiger partial charge in [0.05, 0.1) is 6.33 Å². The van der Waals surface area contributed by atoms with E-state index in [1.54, 1.807) is 6.20 Å². The van der Waals surface area contributed by atoms with Crippen molar-refractivity contribution in [3.63, 3.8) is 0 Å². The van der Waals surface area contributed by atoms with Crippen LogP contribution in [0.4, 0.5) is 5.69 Å². The number of imidazole rings is 1. The molecule has 6 nitrogen and oxygen atoms in total. The van der Waals surface area contributed by atoms with E-state index in [4.69, 9.17) is 0 Å². The molecular formula is C24H32N6. The Morgan fingerprint density at radius 2 is 1.80 bits per heavy atom. The van der Waals surface area contributed by atoms with Crippen molar-refractivity contribution in [1.82, 2.24) is 20.2 Å². The number of benzene rings is 2. The molecule has 3 rings (SSSR count). The molecule has 2 N–H and O–H groups in total. The Kier molecular flexibility index (Phi) is 8.33. The minimum absolute atomic E-state index is 0.746. The first kappa shape index (κ1) is 21.4. The van der Waals surface area contributed by atoms with Crippen LogP contribution < -0.4 is 15.5 Å². The molecule has 0 atom stereocenters. The summed E-state index contributed by atoms with van der Waals surface area (Å²) in [6, 6.07) is 19.2. The van der Waals surface area contributed by atoms with E-state index in [1.807, 2.05) is 19.6 Å². The van der Waals surface area contributed by atoms with Crippen LogP contribution in [0.3, 0.4) is 0 Å². The minimum Gasteiger partial charge on any atom is -0.372 e. The predicted molar refractivity (Wildman–Crippen MR) is 125 cm³/mol. The molecule has 0 saturated heterocycles. The normalized spacial score (nSPS) is 11.3. The van der Waals surface area contributed by atoms with Crippen LogP contribution in [0, 0.1) is 0 Å². The van der Waals surface area contributed by atoms with Crippen LogP contribution in [0.15, 0.2) is 78.3 Å². The van der Waals surface area contributed by atoms with Crippen LogP contribution in [-0.4, -0.2) is 42.2 Å². The molecule has 0 aliphatic rings. The maximum Gasteiger partial charge on any atom is 0.191 e. The zero-order valence-corrected chi connectivity index (χ0v) is 18.0. The molecule has 3 aromatic rings. The Bertz CT molecular complexity index is 872. The van der Waals surface area contributed by atoms with Gasteiger partial charge in [0.15, 0.2) is 5.96 Å². The van der Waals surface area contributed by atoms with Crippen molar-refractivity contribution in [2.24, 2.45) is 4.99 Å². The molecule has 158 valence electrons. The van der Waals surface area contributed by atoms with Gasteiger partial charge in [-0.2, -0.15) is 0 Å².